The van der Waals surface area contributed by atoms with Gasteiger partial charge in [0.1, 0.15) is 0 Å². The van der Waals surface area contributed by atoms with E-state index in [1.807, 2.05) is 11.0 Å². The van der Waals surface area contributed by atoms with Gasteiger partial charge in [0.15, 0.2) is 0 Å². The Morgan fingerprint density at radius 3 is 2.71 bits per heavy atom. The molecule has 1 atom stereocenters. The van der Waals surface area contributed by atoms with Crippen molar-refractivity contribution in [3.63, 3.8) is 0 Å². The second-order valence-electron chi connectivity index (χ2n) is 6.73. The van der Waals surface area contributed by atoms with Crippen LogP contribution in [0.5, 0.6) is 0 Å². The molecule has 0 aromatic heterocycles. The van der Waals surface area contributed by atoms with Gasteiger partial charge in [0.05, 0.1) is 12.6 Å². The van der Waals surface area contributed by atoms with Crippen molar-refractivity contribution < 1.29 is 9.59 Å². The number of hydrogen-bond acceptors (Lipinski definition) is 2. The molecule has 0 radical (unpaired) electrons. The number of rotatable bonds is 3. The first-order valence-electron chi connectivity index (χ1n) is 8.79. The highest BCUT2D eigenvalue weighted by atomic mass is 16.2. The molecule has 2 aliphatic heterocycles. The molecule has 4 rings (SSSR count). The predicted molar refractivity (Wildman–Crippen MR) is 93.5 cm³/mol. The maximum atomic E-state index is 12.8. The van der Waals surface area contributed by atoms with Gasteiger partial charge in [-0.15, -0.1) is 0 Å². The summed E-state index contributed by atoms with van der Waals surface area (Å²) in [5.41, 5.74) is 1.23. The van der Waals surface area contributed by atoms with Gasteiger partial charge in [-0.05, 0) is 35.6 Å². The first-order valence-corrected chi connectivity index (χ1v) is 8.79. The Kier molecular flexibility index (Phi) is 3.97. The molecule has 2 saturated heterocycles. The van der Waals surface area contributed by atoms with Crippen molar-refractivity contribution in [2.75, 3.05) is 19.6 Å². The minimum atomic E-state index is 0.0840. The Morgan fingerprint density at radius 2 is 1.88 bits per heavy atom. The molecular formula is C20H22N2O2. The fraction of sp³-hybridized carbons (Fsp3) is 0.400. The molecule has 2 aliphatic rings. The minimum Gasteiger partial charge on any atom is -0.334 e. The van der Waals surface area contributed by atoms with Gasteiger partial charge in [-0.2, -0.15) is 0 Å². The van der Waals surface area contributed by atoms with Gasteiger partial charge in [-0.25, -0.2) is 0 Å². The van der Waals surface area contributed by atoms with Crippen LogP contribution in [-0.4, -0.2) is 41.2 Å². The molecule has 2 fully saturated rings. The quantitative estimate of drug-likeness (QED) is 0.871. The van der Waals surface area contributed by atoms with E-state index >= 15 is 0 Å². The maximum absolute atomic E-state index is 12.8. The molecule has 2 amide bonds. The van der Waals surface area contributed by atoms with Crippen LogP contribution in [0.25, 0.3) is 10.8 Å². The van der Waals surface area contributed by atoms with Gasteiger partial charge in [0.2, 0.25) is 11.8 Å². The van der Waals surface area contributed by atoms with E-state index < -0.39 is 0 Å². The standard InChI is InChI=1S/C20H22N2O2/c23-19-11-5-12-21(19)14-20(24)22-13-4-10-18(22)17-9-3-7-15-6-1-2-8-16(15)17/h1-3,6-9,18H,4-5,10-14H2/t18-/m0/s1. The average molecular weight is 322 g/mol. The van der Waals surface area contributed by atoms with Gasteiger partial charge in [0, 0.05) is 19.5 Å². The zero-order valence-corrected chi connectivity index (χ0v) is 13.8. The van der Waals surface area contributed by atoms with Crippen molar-refractivity contribution in [1.82, 2.24) is 9.80 Å². The number of amides is 2. The normalized spacial score (nSPS) is 21.0. The highest BCUT2D eigenvalue weighted by Crippen LogP contribution is 2.36. The van der Waals surface area contributed by atoms with Crippen LogP contribution in [0.4, 0.5) is 0 Å². The third-order valence-electron chi connectivity index (χ3n) is 5.25. The summed E-state index contributed by atoms with van der Waals surface area (Å²) in [6.45, 7) is 1.74. The molecule has 4 nitrogen and oxygen atoms in total. The molecule has 4 heteroatoms. The van der Waals surface area contributed by atoms with Crippen molar-refractivity contribution in [3.8, 4) is 0 Å². The largest absolute Gasteiger partial charge is 0.334 e. The van der Waals surface area contributed by atoms with E-state index in [2.05, 4.69) is 36.4 Å². The van der Waals surface area contributed by atoms with E-state index in [1.165, 1.54) is 16.3 Å². The Hall–Kier alpha value is -2.36. The smallest absolute Gasteiger partial charge is 0.242 e. The summed E-state index contributed by atoms with van der Waals surface area (Å²) in [7, 11) is 0. The van der Waals surface area contributed by atoms with Crippen LogP contribution < -0.4 is 0 Å². The summed E-state index contributed by atoms with van der Waals surface area (Å²) < 4.78 is 0. The highest BCUT2D eigenvalue weighted by Gasteiger charge is 2.33. The molecule has 24 heavy (non-hydrogen) atoms. The summed E-state index contributed by atoms with van der Waals surface area (Å²) >= 11 is 0. The Morgan fingerprint density at radius 1 is 1.04 bits per heavy atom. The second kappa shape index (κ2) is 6.27. The first-order chi connectivity index (χ1) is 11.7. The highest BCUT2D eigenvalue weighted by molar-refractivity contribution is 5.88. The van der Waals surface area contributed by atoms with Crippen LogP contribution in [0.1, 0.15) is 37.3 Å². The topological polar surface area (TPSA) is 40.6 Å². The lowest BCUT2D eigenvalue weighted by Gasteiger charge is -2.28. The lowest BCUT2D eigenvalue weighted by atomic mass is 9.97. The number of hydrogen-bond donors (Lipinski definition) is 0. The van der Waals surface area contributed by atoms with E-state index in [-0.39, 0.29) is 24.4 Å². The summed E-state index contributed by atoms with van der Waals surface area (Å²) in [5.74, 6) is 0.199. The van der Waals surface area contributed by atoms with Crippen LogP contribution in [0, 0.1) is 0 Å². The Labute approximate surface area is 142 Å². The SMILES string of the molecule is O=C1CCCN1CC(=O)N1CCC[C@H]1c1cccc2ccccc12. The molecule has 0 N–H and O–H groups in total. The van der Waals surface area contributed by atoms with Crippen LogP contribution >= 0.6 is 0 Å². The van der Waals surface area contributed by atoms with E-state index in [9.17, 15) is 9.59 Å². The zero-order valence-electron chi connectivity index (χ0n) is 13.8. The van der Waals surface area contributed by atoms with Crippen LogP contribution in [-0.2, 0) is 9.59 Å². The van der Waals surface area contributed by atoms with Gasteiger partial charge >= 0.3 is 0 Å². The van der Waals surface area contributed by atoms with Crippen molar-refractivity contribution in [3.05, 3.63) is 48.0 Å². The van der Waals surface area contributed by atoms with E-state index in [0.717, 1.165) is 32.4 Å². The molecule has 0 unspecified atom stereocenters. The van der Waals surface area contributed by atoms with Crippen LogP contribution in [0.3, 0.4) is 0 Å². The number of nitrogens with zero attached hydrogens (tertiary/aromatic N) is 2. The lowest BCUT2D eigenvalue weighted by molar-refractivity contribution is -0.139. The molecular weight excluding hydrogens is 300 g/mol. The molecule has 0 saturated carbocycles. The Balaban J connectivity index is 1.60. The van der Waals surface area contributed by atoms with Gasteiger partial charge in [-0.3, -0.25) is 9.59 Å². The number of fused-ring (bicyclic) bond motifs is 1. The first kappa shape index (κ1) is 15.2. The predicted octanol–water partition coefficient (Wildman–Crippen LogP) is 3.13. The number of carbonyl (C=O) groups is 2. The molecule has 2 heterocycles. The second-order valence-corrected chi connectivity index (χ2v) is 6.73. The average Bonchev–Trinajstić information content (AvgIpc) is 3.24. The van der Waals surface area contributed by atoms with Crippen LogP contribution in [0.2, 0.25) is 0 Å². The monoisotopic (exact) mass is 322 g/mol. The van der Waals surface area contributed by atoms with Gasteiger partial charge in [-0.1, -0.05) is 42.5 Å². The number of carbonyl (C=O) groups excluding carboxylic acids is 2. The van der Waals surface area contributed by atoms with Gasteiger partial charge in [0.25, 0.3) is 0 Å². The van der Waals surface area contributed by atoms with Gasteiger partial charge < -0.3 is 9.80 Å². The molecule has 0 aliphatic carbocycles. The molecule has 2 aromatic carbocycles. The fourth-order valence-corrected chi connectivity index (χ4v) is 4.05. The lowest BCUT2D eigenvalue weighted by Crippen LogP contribution is -2.40. The fourth-order valence-electron chi connectivity index (χ4n) is 4.05. The molecule has 0 bridgehead atoms. The summed E-state index contributed by atoms with van der Waals surface area (Å²) in [6, 6.07) is 14.8. The molecule has 0 spiro atoms. The summed E-state index contributed by atoms with van der Waals surface area (Å²) in [5, 5.41) is 2.44. The summed E-state index contributed by atoms with van der Waals surface area (Å²) in [6.07, 6.45) is 3.47. The van der Waals surface area contributed by atoms with Crippen molar-refractivity contribution >= 4 is 22.6 Å². The number of benzene rings is 2. The third kappa shape index (κ3) is 2.66. The van der Waals surface area contributed by atoms with Crippen molar-refractivity contribution in [2.24, 2.45) is 0 Å². The van der Waals surface area contributed by atoms with E-state index in [1.54, 1.807) is 4.90 Å². The molecule has 124 valence electrons. The van der Waals surface area contributed by atoms with E-state index in [4.69, 9.17) is 0 Å². The number of likely N-dealkylation sites (tertiary alicyclic amines) is 2. The zero-order chi connectivity index (χ0) is 16.5. The minimum absolute atomic E-state index is 0.0840. The Bertz CT molecular complexity index is 781. The van der Waals surface area contributed by atoms with E-state index in [0.29, 0.717) is 6.42 Å². The van der Waals surface area contributed by atoms with Crippen molar-refractivity contribution in [2.45, 2.75) is 31.7 Å². The maximum Gasteiger partial charge on any atom is 0.242 e. The summed E-state index contributed by atoms with van der Waals surface area (Å²) in [4.78, 5) is 28.3. The van der Waals surface area contributed by atoms with Crippen molar-refractivity contribution in [1.29, 1.82) is 0 Å². The molecule has 2 aromatic rings. The van der Waals surface area contributed by atoms with Crippen LogP contribution in [0.15, 0.2) is 42.5 Å². The third-order valence-corrected chi connectivity index (χ3v) is 5.25.